The van der Waals surface area contributed by atoms with Crippen molar-refractivity contribution in [3.63, 3.8) is 0 Å². The number of halogens is 3. The smallest absolute Gasteiger partial charge is 0.280 e. The van der Waals surface area contributed by atoms with Crippen LogP contribution in [0.15, 0.2) is 36.5 Å². The minimum Gasteiger partial charge on any atom is -0.350 e. The highest BCUT2D eigenvalue weighted by Gasteiger charge is 2.22. The summed E-state index contributed by atoms with van der Waals surface area (Å²) in [7, 11) is 3.63. The number of aryl methyl sites for hydroxylation is 1. The number of aromatic nitrogens is 3. The molecule has 1 atom stereocenters. The van der Waals surface area contributed by atoms with Gasteiger partial charge in [0.05, 0.1) is 12.2 Å². The number of hydrogen-bond donors (Lipinski definition) is 1. The average Bonchev–Trinajstić information content (AvgIpc) is 3.04. The second-order valence-corrected chi connectivity index (χ2v) is 6.66. The first-order valence-electron chi connectivity index (χ1n) is 8.61. The van der Waals surface area contributed by atoms with Crippen molar-refractivity contribution in [1.82, 2.24) is 24.8 Å². The molecule has 0 saturated carbocycles. The summed E-state index contributed by atoms with van der Waals surface area (Å²) in [5.74, 6) is -0.853. The van der Waals surface area contributed by atoms with Gasteiger partial charge in [-0.1, -0.05) is 12.1 Å². The van der Waals surface area contributed by atoms with Gasteiger partial charge in [0.15, 0.2) is 5.65 Å². The SMILES string of the molecule is Cc1cc(C(F)F)n2ncc(C(=O)NC[C@@H](c3cccc(F)c3)N(C)C)c2n1. The number of fused-ring (bicyclic) bond motifs is 1. The van der Waals surface area contributed by atoms with Gasteiger partial charge in [0.1, 0.15) is 17.1 Å². The third kappa shape index (κ3) is 3.99. The van der Waals surface area contributed by atoms with Crippen molar-refractivity contribution in [2.45, 2.75) is 19.4 Å². The van der Waals surface area contributed by atoms with E-state index in [4.69, 9.17) is 0 Å². The van der Waals surface area contributed by atoms with Crippen molar-refractivity contribution in [1.29, 1.82) is 0 Å². The van der Waals surface area contributed by atoms with Gasteiger partial charge in [-0.2, -0.15) is 5.10 Å². The van der Waals surface area contributed by atoms with E-state index in [9.17, 15) is 18.0 Å². The quantitative estimate of drug-likeness (QED) is 0.701. The summed E-state index contributed by atoms with van der Waals surface area (Å²) in [5, 5.41) is 6.65. The molecule has 2 aromatic heterocycles. The van der Waals surface area contributed by atoms with Crippen LogP contribution in [0.1, 0.15) is 39.8 Å². The maximum absolute atomic E-state index is 13.5. The van der Waals surface area contributed by atoms with E-state index in [1.54, 1.807) is 19.1 Å². The Morgan fingerprint density at radius 2 is 2.04 bits per heavy atom. The average molecular weight is 391 g/mol. The fourth-order valence-corrected chi connectivity index (χ4v) is 3.03. The topological polar surface area (TPSA) is 62.5 Å². The van der Waals surface area contributed by atoms with Gasteiger partial charge in [-0.3, -0.25) is 4.79 Å². The normalized spacial score (nSPS) is 12.7. The molecule has 0 bridgehead atoms. The summed E-state index contributed by atoms with van der Waals surface area (Å²) < 4.78 is 41.0. The minimum absolute atomic E-state index is 0.0694. The lowest BCUT2D eigenvalue weighted by Crippen LogP contribution is -2.34. The van der Waals surface area contributed by atoms with E-state index in [-0.39, 0.29) is 35.3 Å². The minimum atomic E-state index is -2.74. The standard InChI is InChI=1S/C19H20F3N5O/c1-11-7-15(17(21)22)27-18(25-11)14(9-24-27)19(28)23-10-16(26(2)3)12-5-4-6-13(20)8-12/h4-9,16-17H,10H2,1-3H3,(H,23,28)/t16-/m0/s1. The fraction of sp³-hybridized carbons (Fsp3) is 0.316. The number of likely N-dealkylation sites (N-methyl/N-ethyl adjacent to an activating group) is 1. The van der Waals surface area contributed by atoms with Crippen LogP contribution in [0.3, 0.4) is 0 Å². The summed E-state index contributed by atoms with van der Waals surface area (Å²) in [5.41, 5.74) is 0.914. The van der Waals surface area contributed by atoms with Crippen LogP contribution >= 0.6 is 0 Å². The predicted molar refractivity (Wildman–Crippen MR) is 97.8 cm³/mol. The molecule has 148 valence electrons. The molecule has 0 spiro atoms. The van der Waals surface area contributed by atoms with Gasteiger partial charge in [0.2, 0.25) is 0 Å². The van der Waals surface area contributed by atoms with Crippen molar-refractivity contribution in [2.24, 2.45) is 0 Å². The van der Waals surface area contributed by atoms with Crippen molar-refractivity contribution in [3.05, 3.63) is 64.9 Å². The highest BCUT2D eigenvalue weighted by atomic mass is 19.3. The van der Waals surface area contributed by atoms with E-state index >= 15 is 0 Å². The lowest BCUT2D eigenvalue weighted by Gasteiger charge is -2.25. The van der Waals surface area contributed by atoms with Crippen LogP contribution in [-0.2, 0) is 0 Å². The zero-order valence-corrected chi connectivity index (χ0v) is 15.7. The van der Waals surface area contributed by atoms with Gasteiger partial charge in [0.25, 0.3) is 12.3 Å². The van der Waals surface area contributed by atoms with E-state index in [0.717, 1.165) is 4.52 Å². The molecule has 3 aromatic rings. The third-order valence-corrected chi connectivity index (χ3v) is 4.41. The van der Waals surface area contributed by atoms with Crippen LogP contribution in [0.25, 0.3) is 5.65 Å². The maximum atomic E-state index is 13.5. The third-order valence-electron chi connectivity index (χ3n) is 4.41. The van der Waals surface area contributed by atoms with Crippen LogP contribution in [0.5, 0.6) is 0 Å². The maximum Gasteiger partial charge on any atom is 0.280 e. The van der Waals surface area contributed by atoms with Crippen molar-refractivity contribution >= 4 is 11.6 Å². The first-order valence-corrected chi connectivity index (χ1v) is 8.61. The van der Waals surface area contributed by atoms with E-state index in [1.165, 1.54) is 24.4 Å². The zero-order valence-electron chi connectivity index (χ0n) is 15.7. The van der Waals surface area contributed by atoms with E-state index < -0.39 is 12.3 Å². The molecule has 0 fully saturated rings. The second kappa shape index (κ2) is 7.97. The Hall–Kier alpha value is -2.94. The van der Waals surface area contributed by atoms with Gasteiger partial charge in [-0.15, -0.1) is 0 Å². The van der Waals surface area contributed by atoms with Gasteiger partial charge in [0, 0.05) is 12.2 Å². The Bertz CT molecular complexity index is 1000. The van der Waals surface area contributed by atoms with Crippen LogP contribution in [0.4, 0.5) is 13.2 Å². The van der Waals surface area contributed by atoms with E-state index in [2.05, 4.69) is 15.4 Å². The van der Waals surface area contributed by atoms with E-state index in [0.29, 0.717) is 11.3 Å². The second-order valence-electron chi connectivity index (χ2n) is 6.66. The lowest BCUT2D eigenvalue weighted by molar-refractivity contribution is 0.0943. The molecule has 0 radical (unpaired) electrons. The molecule has 1 N–H and O–H groups in total. The molecule has 1 aromatic carbocycles. The largest absolute Gasteiger partial charge is 0.350 e. The lowest BCUT2D eigenvalue weighted by atomic mass is 10.1. The highest BCUT2D eigenvalue weighted by Crippen LogP contribution is 2.22. The van der Waals surface area contributed by atoms with Crippen LogP contribution in [0, 0.1) is 12.7 Å². The molecule has 0 unspecified atom stereocenters. The van der Waals surface area contributed by atoms with Crippen molar-refractivity contribution in [3.8, 4) is 0 Å². The molecule has 2 heterocycles. The van der Waals surface area contributed by atoms with E-state index in [1.807, 2.05) is 19.0 Å². The number of alkyl halides is 2. The van der Waals surface area contributed by atoms with Gasteiger partial charge < -0.3 is 10.2 Å². The predicted octanol–water partition coefficient (Wildman–Crippen LogP) is 3.15. The fourth-order valence-electron chi connectivity index (χ4n) is 3.03. The summed E-state index contributed by atoms with van der Waals surface area (Å²) >= 11 is 0. The van der Waals surface area contributed by atoms with Crippen molar-refractivity contribution in [2.75, 3.05) is 20.6 Å². The van der Waals surface area contributed by atoms with Crippen LogP contribution in [0.2, 0.25) is 0 Å². The molecule has 6 nitrogen and oxygen atoms in total. The van der Waals surface area contributed by atoms with Gasteiger partial charge in [-0.05, 0) is 44.8 Å². The number of carbonyl (C=O) groups is 1. The summed E-state index contributed by atoms with van der Waals surface area (Å²) in [6.07, 6.45) is -1.53. The Morgan fingerprint density at radius 3 is 2.68 bits per heavy atom. The van der Waals surface area contributed by atoms with Gasteiger partial charge in [-0.25, -0.2) is 22.7 Å². The molecular weight excluding hydrogens is 371 g/mol. The number of nitrogens with zero attached hydrogens (tertiary/aromatic N) is 4. The molecule has 0 saturated heterocycles. The summed E-state index contributed by atoms with van der Waals surface area (Å²) in [6, 6.07) is 7.10. The number of benzene rings is 1. The number of hydrogen-bond acceptors (Lipinski definition) is 4. The van der Waals surface area contributed by atoms with Crippen LogP contribution in [-0.4, -0.2) is 46.0 Å². The monoisotopic (exact) mass is 391 g/mol. The van der Waals surface area contributed by atoms with Crippen LogP contribution < -0.4 is 5.32 Å². The highest BCUT2D eigenvalue weighted by molar-refractivity contribution is 5.99. The molecule has 0 aliphatic rings. The Labute approximate surface area is 160 Å². The molecule has 0 aliphatic heterocycles. The van der Waals surface area contributed by atoms with Gasteiger partial charge >= 0.3 is 0 Å². The molecule has 1 amide bonds. The molecule has 28 heavy (non-hydrogen) atoms. The molecule has 9 heteroatoms. The first kappa shape index (κ1) is 19.8. The number of rotatable bonds is 6. The molecule has 3 rings (SSSR count). The first-order chi connectivity index (χ1) is 13.3. The van der Waals surface area contributed by atoms with Crippen molar-refractivity contribution < 1.29 is 18.0 Å². The molecule has 0 aliphatic carbocycles. The Kier molecular flexibility index (Phi) is 5.64. The molecular formula is C19H20F3N5O. The summed E-state index contributed by atoms with van der Waals surface area (Å²) in [6.45, 7) is 1.77. The Morgan fingerprint density at radius 1 is 1.29 bits per heavy atom. The number of nitrogens with one attached hydrogen (secondary N) is 1. The summed E-state index contributed by atoms with van der Waals surface area (Å²) in [4.78, 5) is 18.7. The number of amides is 1. The number of carbonyl (C=O) groups excluding carboxylic acids is 1. The Balaban J connectivity index is 1.85. The zero-order chi connectivity index (χ0) is 20.4.